The van der Waals surface area contributed by atoms with Crippen molar-refractivity contribution in [2.24, 2.45) is 0 Å². The van der Waals surface area contributed by atoms with Crippen molar-refractivity contribution in [1.82, 2.24) is 4.90 Å². The van der Waals surface area contributed by atoms with E-state index in [9.17, 15) is 9.59 Å². The molecule has 2 rings (SSSR count). The summed E-state index contributed by atoms with van der Waals surface area (Å²) in [5, 5.41) is 2.58. The van der Waals surface area contributed by atoms with Crippen LogP contribution in [0, 0.1) is 0 Å². The lowest BCUT2D eigenvalue weighted by atomic mass is 10.1. The highest BCUT2D eigenvalue weighted by Gasteiger charge is 2.22. The molecule has 0 spiro atoms. The number of hydrogen-bond donors (Lipinski definition) is 1. The third-order valence-corrected chi connectivity index (χ3v) is 3.65. The van der Waals surface area contributed by atoms with Gasteiger partial charge in [-0.3, -0.25) is 9.59 Å². The van der Waals surface area contributed by atoms with E-state index in [1.165, 1.54) is 0 Å². The van der Waals surface area contributed by atoms with Gasteiger partial charge in [-0.2, -0.15) is 0 Å². The van der Waals surface area contributed by atoms with Crippen LogP contribution >= 0.6 is 23.2 Å². The van der Waals surface area contributed by atoms with Crippen molar-refractivity contribution in [3.63, 3.8) is 0 Å². The maximum Gasteiger partial charge on any atom is 0.257 e. The van der Waals surface area contributed by atoms with Crippen LogP contribution in [0.3, 0.4) is 0 Å². The number of likely N-dealkylation sites (tertiary alicyclic amines) is 1. The van der Waals surface area contributed by atoms with Gasteiger partial charge in [0.2, 0.25) is 0 Å². The van der Waals surface area contributed by atoms with Crippen molar-refractivity contribution in [2.45, 2.75) is 24.1 Å². The number of hydrogen-bond acceptors (Lipinski definition) is 2. The van der Waals surface area contributed by atoms with Gasteiger partial charge in [0.15, 0.2) is 4.84 Å². The zero-order valence-electron chi connectivity index (χ0n) is 10.9. The minimum Gasteiger partial charge on any atom is -0.339 e. The van der Waals surface area contributed by atoms with Crippen molar-refractivity contribution in [1.29, 1.82) is 0 Å². The number of halogens is 2. The Hall–Kier alpha value is -1.26. The number of carbonyl (C=O) groups excluding carboxylic acids is 2. The van der Waals surface area contributed by atoms with Crippen LogP contribution in [-0.2, 0) is 4.79 Å². The minimum atomic E-state index is -1.16. The summed E-state index contributed by atoms with van der Waals surface area (Å²) in [6, 6.07) is 6.89. The van der Waals surface area contributed by atoms with Gasteiger partial charge in [0.1, 0.15) is 0 Å². The monoisotopic (exact) mass is 314 g/mol. The van der Waals surface area contributed by atoms with Crippen LogP contribution in [0.4, 0.5) is 5.69 Å². The molecule has 0 radical (unpaired) electrons. The molecule has 108 valence electrons. The van der Waals surface area contributed by atoms with E-state index in [1.807, 2.05) is 4.90 Å². The second-order valence-electron chi connectivity index (χ2n) is 4.69. The zero-order valence-corrected chi connectivity index (χ0v) is 12.5. The first kappa shape index (κ1) is 15.1. The topological polar surface area (TPSA) is 49.4 Å². The third-order valence-electron chi connectivity index (χ3n) is 3.26. The van der Waals surface area contributed by atoms with Crippen molar-refractivity contribution >= 4 is 40.7 Å². The predicted octanol–water partition coefficient (Wildman–Crippen LogP) is 3.05. The molecule has 4 nitrogen and oxygen atoms in total. The number of piperidine rings is 1. The van der Waals surface area contributed by atoms with Gasteiger partial charge in [-0.1, -0.05) is 35.3 Å². The summed E-state index contributed by atoms with van der Waals surface area (Å²) in [5.74, 6) is -0.603. The molecule has 0 aliphatic carbocycles. The van der Waals surface area contributed by atoms with Gasteiger partial charge >= 0.3 is 0 Å². The van der Waals surface area contributed by atoms with Crippen LogP contribution in [0.25, 0.3) is 0 Å². The lowest BCUT2D eigenvalue weighted by Gasteiger charge is -2.27. The number of nitrogens with zero attached hydrogens (tertiary/aromatic N) is 1. The minimum absolute atomic E-state index is 0.0682. The quantitative estimate of drug-likeness (QED) is 0.872. The summed E-state index contributed by atoms with van der Waals surface area (Å²) in [7, 11) is 0. The van der Waals surface area contributed by atoms with Crippen LogP contribution in [0.1, 0.15) is 29.6 Å². The Balaban J connectivity index is 2.18. The summed E-state index contributed by atoms with van der Waals surface area (Å²) in [6.45, 7) is 1.52. The number of amides is 2. The number of rotatable bonds is 3. The van der Waals surface area contributed by atoms with Crippen LogP contribution in [0.5, 0.6) is 0 Å². The lowest BCUT2D eigenvalue weighted by Crippen LogP contribution is -2.36. The van der Waals surface area contributed by atoms with E-state index in [-0.39, 0.29) is 5.91 Å². The number of benzene rings is 1. The zero-order chi connectivity index (χ0) is 14.5. The van der Waals surface area contributed by atoms with Crippen LogP contribution in [0.15, 0.2) is 24.3 Å². The molecule has 0 bridgehead atoms. The van der Waals surface area contributed by atoms with E-state index in [1.54, 1.807) is 24.3 Å². The second kappa shape index (κ2) is 6.95. The van der Waals surface area contributed by atoms with E-state index < -0.39 is 10.7 Å². The Morgan fingerprint density at radius 2 is 1.75 bits per heavy atom. The predicted molar refractivity (Wildman–Crippen MR) is 80.3 cm³/mol. The molecule has 2 amide bonds. The Labute approximate surface area is 128 Å². The molecule has 1 aliphatic rings. The van der Waals surface area contributed by atoms with Crippen LogP contribution < -0.4 is 5.32 Å². The third kappa shape index (κ3) is 3.64. The summed E-state index contributed by atoms with van der Waals surface area (Å²) in [6.07, 6.45) is 3.19. The van der Waals surface area contributed by atoms with Crippen LogP contribution in [0.2, 0.25) is 0 Å². The van der Waals surface area contributed by atoms with E-state index >= 15 is 0 Å². The van der Waals surface area contributed by atoms with Crippen molar-refractivity contribution in [2.75, 3.05) is 18.4 Å². The number of nitrogens with one attached hydrogen (secondary N) is 1. The first-order chi connectivity index (χ1) is 9.59. The summed E-state index contributed by atoms with van der Waals surface area (Å²) in [5.41, 5.74) is 0.913. The molecule has 1 aromatic rings. The first-order valence-electron chi connectivity index (χ1n) is 6.57. The van der Waals surface area contributed by atoms with Gasteiger partial charge < -0.3 is 10.2 Å². The first-order valence-corrected chi connectivity index (χ1v) is 7.44. The fraction of sp³-hybridized carbons (Fsp3) is 0.429. The lowest BCUT2D eigenvalue weighted by molar-refractivity contribution is -0.114. The molecule has 0 aromatic heterocycles. The van der Waals surface area contributed by atoms with E-state index in [0.29, 0.717) is 11.3 Å². The average molecular weight is 315 g/mol. The average Bonchev–Trinajstić information content (AvgIpc) is 2.48. The van der Waals surface area contributed by atoms with Gasteiger partial charge in [0, 0.05) is 13.1 Å². The van der Waals surface area contributed by atoms with Gasteiger partial charge in [-0.25, -0.2) is 0 Å². The van der Waals surface area contributed by atoms with E-state index in [4.69, 9.17) is 23.2 Å². The fourth-order valence-electron chi connectivity index (χ4n) is 2.23. The Morgan fingerprint density at radius 3 is 2.40 bits per heavy atom. The molecule has 6 heteroatoms. The molecule has 1 saturated heterocycles. The smallest absolute Gasteiger partial charge is 0.257 e. The second-order valence-corrected chi connectivity index (χ2v) is 5.78. The summed E-state index contributed by atoms with van der Waals surface area (Å²) in [4.78, 5) is 24.7. The molecule has 0 atom stereocenters. The van der Waals surface area contributed by atoms with Gasteiger partial charge in [-0.15, -0.1) is 0 Å². The molecule has 0 unspecified atom stereocenters. The Morgan fingerprint density at radius 1 is 1.10 bits per heavy atom. The van der Waals surface area contributed by atoms with Gasteiger partial charge in [0.05, 0.1) is 11.3 Å². The van der Waals surface area contributed by atoms with Gasteiger partial charge in [-0.05, 0) is 31.4 Å². The number of carbonyl (C=O) groups is 2. The van der Waals surface area contributed by atoms with Gasteiger partial charge in [0.25, 0.3) is 11.8 Å². The highest BCUT2D eigenvalue weighted by Crippen LogP contribution is 2.20. The number of para-hydroxylation sites is 1. The highest BCUT2D eigenvalue weighted by molar-refractivity contribution is 6.54. The summed E-state index contributed by atoms with van der Waals surface area (Å²) >= 11 is 11.0. The van der Waals surface area contributed by atoms with Crippen molar-refractivity contribution in [3.05, 3.63) is 29.8 Å². The van der Waals surface area contributed by atoms with Crippen LogP contribution in [-0.4, -0.2) is 34.6 Å². The van der Waals surface area contributed by atoms with E-state index in [0.717, 1.165) is 32.4 Å². The fourth-order valence-corrected chi connectivity index (χ4v) is 2.34. The molecule has 1 fully saturated rings. The standard InChI is InChI=1S/C14H16Cl2N2O2/c15-12(16)13(19)17-11-7-3-2-6-10(11)14(20)18-8-4-1-5-9-18/h2-3,6-7,12H,1,4-5,8-9H2,(H,17,19). The summed E-state index contributed by atoms with van der Waals surface area (Å²) < 4.78 is 0. The molecule has 0 saturated carbocycles. The Bertz CT molecular complexity index is 500. The molecular formula is C14H16Cl2N2O2. The molecule has 1 aliphatic heterocycles. The maximum atomic E-state index is 12.5. The highest BCUT2D eigenvalue weighted by atomic mass is 35.5. The van der Waals surface area contributed by atoms with E-state index in [2.05, 4.69) is 5.32 Å². The van der Waals surface area contributed by atoms with Crippen molar-refractivity contribution in [3.8, 4) is 0 Å². The molecule has 1 aromatic carbocycles. The molecule has 1 N–H and O–H groups in total. The maximum absolute atomic E-state index is 12.5. The number of anilines is 1. The number of alkyl halides is 2. The SMILES string of the molecule is O=C(Nc1ccccc1C(=O)N1CCCCC1)C(Cl)Cl. The molecule has 20 heavy (non-hydrogen) atoms. The largest absolute Gasteiger partial charge is 0.339 e. The Kier molecular flexibility index (Phi) is 5.26. The normalized spacial score (nSPS) is 15.2. The van der Waals surface area contributed by atoms with Crippen molar-refractivity contribution < 1.29 is 9.59 Å². The molecule has 1 heterocycles. The molecular weight excluding hydrogens is 299 g/mol.